The minimum atomic E-state index is -0.0342. The molecule has 1 aromatic carbocycles. The number of aliphatic imine (C=N–C) groups is 2. The molecule has 0 N–H and O–H groups in total. The zero-order valence-electron chi connectivity index (χ0n) is 12.7. The Kier molecular flexibility index (Phi) is 5.38. The van der Waals surface area contributed by atoms with Gasteiger partial charge in [-0.1, -0.05) is 0 Å². The second-order valence-electron chi connectivity index (χ2n) is 6.64. The van der Waals surface area contributed by atoms with Crippen molar-refractivity contribution in [1.82, 2.24) is 0 Å². The number of hydrogen-bond donors (Lipinski definition) is 0. The molecule has 0 aliphatic heterocycles. The molecule has 0 unspecified atom stereocenters. The topological polar surface area (TPSA) is 24.7 Å². The summed E-state index contributed by atoms with van der Waals surface area (Å²) in [5.74, 6) is 0. The van der Waals surface area contributed by atoms with Crippen molar-refractivity contribution in [3.8, 4) is 0 Å². The SMILES string of the molecule is CC(C)(C)N=Cc1cccc(C=NC(C)(C)C)[c]1[Sb]. The Labute approximate surface area is 130 Å². The van der Waals surface area contributed by atoms with Crippen molar-refractivity contribution in [3.05, 3.63) is 29.3 Å². The van der Waals surface area contributed by atoms with Gasteiger partial charge in [0.05, 0.1) is 0 Å². The van der Waals surface area contributed by atoms with Gasteiger partial charge in [0, 0.05) is 0 Å². The molecule has 2 radical (unpaired) electrons. The summed E-state index contributed by atoms with van der Waals surface area (Å²) in [5, 5.41) is 0. The van der Waals surface area contributed by atoms with E-state index in [0.717, 1.165) is 0 Å². The van der Waals surface area contributed by atoms with E-state index in [2.05, 4.69) is 69.7 Å². The molecule has 19 heavy (non-hydrogen) atoms. The summed E-state index contributed by atoms with van der Waals surface area (Å²) < 4.78 is 1.28. The van der Waals surface area contributed by atoms with Crippen LogP contribution in [0.25, 0.3) is 0 Å². The monoisotopic (exact) mass is 364 g/mol. The van der Waals surface area contributed by atoms with Gasteiger partial charge in [0.15, 0.2) is 0 Å². The predicted molar refractivity (Wildman–Crippen MR) is 86.5 cm³/mol. The van der Waals surface area contributed by atoms with E-state index in [1.54, 1.807) is 23.0 Å². The van der Waals surface area contributed by atoms with Gasteiger partial charge in [-0.2, -0.15) is 0 Å². The molecule has 0 spiro atoms. The summed E-state index contributed by atoms with van der Waals surface area (Å²) in [6.07, 6.45) is 3.95. The van der Waals surface area contributed by atoms with E-state index < -0.39 is 0 Å². The van der Waals surface area contributed by atoms with Gasteiger partial charge in [0.2, 0.25) is 0 Å². The molecule has 0 fully saturated rings. The number of benzene rings is 1. The van der Waals surface area contributed by atoms with Crippen molar-refractivity contribution in [2.75, 3.05) is 0 Å². The maximum absolute atomic E-state index is 4.58. The van der Waals surface area contributed by atoms with Crippen LogP contribution in [0.15, 0.2) is 28.2 Å². The molecule has 1 rings (SSSR count). The van der Waals surface area contributed by atoms with Crippen LogP contribution in [0.4, 0.5) is 0 Å². The van der Waals surface area contributed by atoms with Crippen molar-refractivity contribution < 1.29 is 0 Å². The third-order valence-corrected chi connectivity index (χ3v) is 3.75. The molecular weight excluding hydrogens is 342 g/mol. The zero-order chi connectivity index (χ0) is 14.7. The third kappa shape index (κ3) is 6.38. The van der Waals surface area contributed by atoms with Crippen molar-refractivity contribution in [3.63, 3.8) is 0 Å². The Bertz CT molecular complexity index is 446. The summed E-state index contributed by atoms with van der Waals surface area (Å²) in [6.45, 7) is 12.6. The maximum atomic E-state index is 4.58. The molecule has 0 amide bonds. The third-order valence-electron chi connectivity index (χ3n) is 2.28. The average Bonchev–Trinajstić information content (AvgIpc) is 2.23. The second-order valence-corrected chi connectivity index (χ2v) is 7.92. The van der Waals surface area contributed by atoms with Crippen LogP contribution < -0.4 is 3.51 Å². The first kappa shape index (κ1) is 16.4. The van der Waals surface area contributed by atoms with Crippen LogP contribution in [-0.2, 0) is 0 Å². The summed E-state index contributed by atoms with van der Waals surface area (Å²) in [5.41, 5.74) is 2.30. The molecule has 0 aliphatic carbocycles. The van der Waals surface area contributed by atoms with Crippen LogP contribution in [0.3, 0.4) is 0 Å². The van der Waals surface area contributed by atoms with Gasteiger partial charge in [-0.3, -0.25) is 0 Å². The van der Waals surface area contributed by atoms with Crippen LogP contribution in [0.5, 0.6) is 0 Å². The Balaban J connectivity index is 3.06. The molecule has 0 bridgehead atoms. The van der Waals surface area contributed by atoms with Crippen molar-refractivity contribution in [2.45, 2.75) is 52.6 Å². The molecule has 0 heterocycles. The zero-order valence-corrected chi connectivity index (χ0v) is 15.3. The Morgan fingerprint density at radius 3 is 1.53 bits per heavy atom. The summed E-state index contributed by atoms with van der Waals surface area (Å²) >= 11 is 1.72. The fraction of sp³-hybridized carbons (Fsp3) is 0.500. The van der Waals surface area contributed by atoms with Crippen LogP contribution in [-0.4, -0.2) is 46.5 Å². The summed E-state index contributed by atoms with van der Waals surface area (Å²) in [4.78, 5) is 9.15. The minimum absolute atomic E-state index is 0.0342. The second kappa shape index (κ2) is 6.22. The molecule has 3 heteroatoms. The average molecular weight is 365 g/mol. The van der Waals surface area contributed by atoms with Gasteiger partial charge in [-0.05, 0) is 0 Å². The van der Waals surface area contributed by atoms with Crippen molar-refractivity contribution >= 4 is 39.0 Å². The van der Waals surface area contributed by atoms with E-state index in [1.807, 2.05) is 12.4 Å². The predicted octanol–water partition coefficient (Wildman–Crippen LogP) is 2.92. The van der Waals surface area contributed by atoms with E-state index in [4.69, 9.17) is 0 Å². The van der Waals surface area contributed by atoms with E-state index in [9.17, 15) is 0 Å². The van der Waals surface area contributed by atoms with Gasteiger partial charge in [-0.25, -0.2) is 0 Å². The van der Waals surface area contributed by atoms with Gasteiger partial charge in [0.1, 0.15) is 0 Å². The summed E-state index contributed by atoms with van der Waals surface area (Å²) in [7, 11) is 0. The van der Waals surface area contributed by atoms with Crippen LogP contribution in [0.2, 0.25) is 0 Å². The first-order chi connectivity index (χ1) is 8.58. The quantitative estimate of drug-likeness (QED) is 0.569. The van der Waals surface area contributed by atoms with Gasteiger partial charge >= 0.3 is 131 Å². The molecule has 102 valence electrons. The van der Waals surface area contributed by atoms with Crippen molar-refractivity contribution in [2.24, 2.45) is 9.98 Å². The number of rotatable bonds is 2. The molecule has 0 saturated heterocycles. The van der Waals surface area contributed by atoms with Crippen molar-refractivity contribution in [1.29, 1.82) is 0 Å². The fourth-order valence-corrected chi connectivity index (χ4v) is 2.07. The Hall–Kier alpha value is -0.622. The van der Waals surface area contributed by atoms with Crippen LogP contribution in [0.1, 0.15) is 52.7 Å². The fourth-order valence-electron chi connectivity index (χ4n) is 1.31. The van der Waals surface area contributed by atoms with E-state index >= 15 is 0 Å². The van der Waals surface area contributed by atoms with Gasteiger partial charge < -0.3 is 0 Å². The van der Waals surface area contributed by atoms with E-state index in [-0.39, 0.29) is 11.1 Å². The van der Waals surface area contributed by atoms with Gasteiger partial charge in [-0.15, -0.1) is 0 Å². The Morgan fingerprint density at radius 1 is 0.842 bits per heavy atom. The standard InChI is InChI=1S/C16H23N2.Sb/c1-15(2,3)17-11-13-8-7-9-14(10-13)12-18-16(4,5)6;/h7-9,11-12H,1-6H3;. The molecular formula is C16H23N2Sb. The first-order valence-corrected chi connectivity index (χ1v) is 7.78. The molecule has 0 aromatic heterocycles. The molecule has 1 aromatic rings. The van der Waals surface area contributed by atoms with Crippen LogP contribution >= 0.6 is 0 Å². The molecule has 0 saturated carbocycles. The number of hydrogen-bond acceptors (Lipinski definition) is 2. The Morgan fingerprint density at radius 2 is 1.21 bits per heavy atom. The van der Waals surface area contributed by atoms with E-state index in [0.29, 0.717) is 0 Å². The molecule has 0 aliphatic rings. The number of nitrogens with zero attached hydrogens (tertiary/aromatic N) is 2. The van der Waals surface area contributed by atoms with Crippen LogP contribution in [0, 0.1) is 0 Å². The molecule has 2 nitrogen and oxygen atoms in total. The van der Waals surface area contributed by atoms with E-state index in [1.165, 1.54) is 14.6 Å². The summed E-state index contributed by atoms with van der Waals surface area (Å²) in [6, 6.07) is 6.28. The molecule has 0 atom stereocenters. The normalized spacial score (nSPS) is 13.6. The van der Waals surface area contributed by atoms with Gasteiger partial charge in [0.25, 0.3) is 0 Å². The first-order valence-electron chi connectivity index (χ1n) is 6.51.